The second-order valence-corrected chi connectivity index (χ2v) is 19.0. The summed E-state index contributed by atoms with van der Waals surface area (Å²) in [6.45, 7) is 17.2. The number of carbonyl (C=O) groups excluding carboxylic acids is 2. The molecule has 0 radical (unpaired) electrons. The van der Waals surface area contributed by atoms with Crippen molar-refractivity contribution in [2.75, 3.05) is 44.4 Å². The minimum absolute atomic E-state index is 0.190. The van der Waals surface area contributed by atoms with Crippen LogP contribution in [0.15, 0.2) is 127 Å². The van der Waals surface area contributed by atoms with Gasteiger partial charge in [0.1, 0.15) is 36.1 Å². The zero-order valence-electron chi connectivity index (χ0n) is 43.3. The number of Topliss-reactive ketones (excluding diaryl/α,β-unsaturated/α-hetero) is 1. The van der Waals surface area contributed by atoms with Gasteiger partial charge < -0.3 is 43.8 Å². The summed E-state index contributed by atoms with van der Waals surface area (Å²) in [4.78, 5) is 55.9. The third kappa shape index (κ3) is 16.6. The number of nitrogens with zero attached hydrogens (tertiary/aromatic N) is 3. The molecule has 6 rings (SSSR count). The predicted molar refractivity (Wildman–Crippen MR) is 298 cm³/mol. The number of aliphatic carboxylic acids is 2. The van der Waals surface area contributed by atoms with E-state index in [0.29, 0.717) is 36.2 Å². The number of ketones is 1. The number of rotatable bonds is 31. The van der Waals surface area contributed by atoms with Gasteiger partial charge in [0.25, 0.3) is 0 Å². The van der Waals surface area contributed by atoms with Gasteiger partial charge in [-0.15, -0.1) is 11.3 Å². The fraction of sp³-hybridized carbons (Fsp3) is 0.328. The van der Waals surface area contributed by atoms with Crippen LogP contribution in [-0.2, 0) is 19.2 Å². The lowest BCUT2D eigenvalue weighted by atomic mass is 10.0. The van der Waals surface area contributed by atoms with Crippen molar-refractivity contribution in [3.05, 3.63) is 143 Å². The van der Waals surface area contributed by atoms with Crippen LogP contribution in [0.2, 0.25) is 0 Å². The summed E-state index contributed by atoms with van der Waals surface area (Å²) >= 11 is 1.39. The van der Waals surface area contributed by atoms with Gasteiger partial charge in [0.15, 0.2) is 5.78 Å². The largest absolute Gasteiger partial charge is 0.493 e. The summed E-state index contributed by atoms with van der Waals surface area (Å²) in [5.74, 6) is -1.04. The van der Waals surface area contributed by atoms with E-state index in [-0.39, 0.29) is 12.1 Å². The Morgan fingerprint density at radius 2 is 0.973 bits per heavy atom. The third-order valence-electron chi connectivity index (χ3n) is 12.1. The van der Waals surface area contributed by atoms with E-state index in [1.54, 1.807) is 0 Å². The molecule has 0 unspecified atom stereocenters. The Bertz CT molecular complexity index is 2780. The van der Waals surface area contributed by atoms with Crippen LogP contribution in [0.25, 0.3) is 43.6 Å². The highest BCUT2D eigenvalue weighted by molar-refractivity contribution is 7.16. The molecule has 392 valence electrons. The summed E-state index contributed by atoms with van der Waals surface area (Å²) in [5, 5.41) is 18.2. The zero-order valence-corrected chi connectivity index (χ0v) is 44.2. The SMILES string of the molecule is [C-]#[N+]/C(=C\c1ccc(-c2ccc(N(c3ccc(-c4ccc(OCCCC)cc4OCCCC)cc3)c3ccc(-c4ccc(OCCCC)cc4OCCCC)cc3)cc2)s1)C(=O)CCC(=O)N(CC(=O)O)CC(=O)O. The van der Waals surface area contributed by atoms with Crippen molar-refractivity contribution in [3.8, 4) is 55.7 Å². The van der Waals surface area contributed by atoms with E-state index in [0.717, 1.165) is 124 Å². The molecule has 6 aromatic rings. The van der Waals surface area contributed by atoms with Crippen molar-refractivity contribution < 1.29 is 48.3 Å². The number of hydrogen-bond acceptors (Lipinski definition) is 10. The lowest BCUT2D eigenvalue weighted by Gasteiger charge is -2.26. The lowest BCUT2D eigenvalue weighted by Crippen LogP contribution is -2.39. The van der Waals surface area contributed by atoms with Crippen LogP contribution in [0.5, 0.6) is 23.0 Å². The zero-order chi connectivity index (χ0) is 53.5. The number of amides is 1. The lowest BCUT2D eigenvalue weighted by molar-refractivity contribution is -0.149. The van der Waals surface area contributed by atoms with Crippen molar-refractivity contribution in [2.24, 2.45) is 0 Å². The molecule has 0 fully saturated rings. The van der Waals surface area contributed by atoms with E-state index in [2.05, 4.69) is 110 Å². The van der Waals surface area contributed by atoms with Gasteiger partial charge in [-0.2, -0.15) is 0 Å². The summed E-state index contributed by atoms with van der Waals surface area (Å²) in [7, 11) is 0. The van der Waals surface area contributed by atoms with E-state index in [4.69, 9.17) is 35.7 Å². The molecule has 14 heteroatoms. The fourth-order valence-corrected chi connectivity index (χ4v) is 8.94. The van der Waals surface area contributed by atoms with Crippen LogP contribution in [0, 0.1) is 6.57 Å². The van der Waals surface area contributed by atoms with Gasteiger partial charge in [-0.1, -0.05) is 89.8 Å². The fourth-order valence-electron chi connectivity index (χ4n) is 7.99. The first-order chi connectivity index (χ1) is 36.4. The van der Waals surface area contributed by atoms with Crippen LogP contribution >= 0.6 is 11.3 Å². The Morgan fingerprint density at radius 3 is 1.39 bits per heavy atom. The summed E-state index contributed by atoms with van der Waals surface area (Å²) < 4.78 is 24.8. The minimum Gasteiger partial charge on any atom is -0.493 e. The summed E-state index contributed by atoms with van der Waals surface area (Å²) in [6.07, 6.45) is 8.62. The van der Waals surface area contributed by atoms with Crippen LogP contribution < -0.4 is 23.8 Å². The molecule has 13 nitrogen and oxygen atoms in total. The van der Waals surface area contributed by atoms with Crippen molar-refractivity contribution in [1.82, 2.24) is 4.90 Å². The molecule has 1 heterocycles. The van der Waals surface area contributed by atoms with Crippen LogP contribution in [0.1, 0.15) is 96.8 Å². The first-order valence-corrected chi connectivity index (χ1v) is 26.6. The molecule has 0 saturated carbocycles. The number of ether oxygens (including phenoxy) is 4. The highest BCUT2D eigenvalue weighted by atomic mass is 32.1. The Morgan fingerprint density at radius 1 is 0.547 bits per heavy atom. The van der Waals surface area contributed by atoms with Gasteiger partial charge in [0.2, 0.25) is 11.6 Å². The standard InChI is InChI=1S/C61H67N3O10S/c1-6-10-34-71-49-26-29-52(56(38-49)73-36-12-8-3)43-14-20-46(21-15-43)64(47-22-16-44(17-23-47)53-30-27-50(72-35-11-7-2)39-57(53)74-37-13-9-4)48-24-18-45(19-25-48)58-32-28-51(75-58)40-54(62-5)55(65)31-33-59(66)63(41-60(67)68)42-61(69)70/h14-30,32,38-40H,6-13,31,33-37,41-42H2,1-4H3,(H,67,68)(H,69,70)/b54-40-. The molecule has 1 amide bonds. The number of carboxylic acid groups (broad SMARTS) is 2. The normalized spacial score (nSPS) is 11.1. The molecule has 0 aliphatic rings. The first-order valence-electron chi connectivity index (χ1n) is 25.8. The topological polar surface area (TPSA) is 156 Å². The predicted octanol–water partition coefficient (Wildman–Crippen LogP) is 14.5. The number of benzene rings is 5. The van der Waals surface area contributed by atoms with E-state index in [9.17, 15) is 19.2 Å². The van der Waals surface area contributed by atoms with Gasteiger partial charge in [-0.3, -0.25) is 14.4 Å². The molecule has 0 atom stereocenters. The van der Waals surface area contributed by atoms with Crippen molar-refractivity contribution in [1.29, 1.82) is 0 Å². The molecule has 0 spiro atoms. The second kappa shape index (κ2) is 29.1. The quantitative estimate of drug-likeness (QED) is 0.0243. The van der Waals surface area contributed by atoms with E-state index >= 15 is 0 Å². The van der Waals surface area contributed by atoms with E-state index in [1.165, 1.54) is 17.4 Å². The molecule has 0 aliphatic carbocycles. The van der Waals surface area contributed by atoms with Crippen LogP contribution in [0.3, 0.4) is 0 Å². The molecule has 0 bridgehead atoms. The molecule has 75 heavy (non-hydrogen) atoms. The highest BCUT2D eigenvalue weighted by Gasteiger charge is 2.22. The first kappa shape index (κ1) is 56.4. The maximum absolute atomic E-state index is 13.1. The molecule has 1 aromatic heterocycles. The third-order valence-corrected chi connectivity index (χ3v) is 13.2. The average molecular weight is 1030 g/mol. The van der Waals surface area contributed by atoms with Crippen molar-refractivity contribution in [3.63, 3.8) is 0 Å². The van der Waals surface area contributed by atoms with Gasteiger partial charge in [-0.05, 0) is 121 Å². The number of unbranched alkanes of at least 4 members (excludes halogenated alkanes) is 4. The molecule has 5 aromatic carbocycles. The van der Waals surface area contributed by atoms with Gasteiger partial charge in [0, 0.05) is 62.9 Å². The molecule has 0 aliphatic heterocycles. The number of allylic oxidation sites excluding steroid dienone is 1. The smallest absolute Gasteiger partial charge is 0.323 e. The van der Waals surface area contributed by atoms with E-state index < -0.39 is 43.1 Å². The average Bonchev–Trinajstić information content (AvgIpc) is 3.89. The van der Waals surface area contributed by atoms with Gasteiger partial charge in [0.05, 0.1) is 33.0 Å². The second-order valence-electron chi connectivity index (χ2n) is 17.9. The summed E-state index contributed by atoms with van der Waals surface area (Å²) in [6, 6.07) is 40.9. The van der Waals surface area contributed by atoms with Crippen LogP contribution in [0.4, 0.5) is 17.1 Å². The Balaban J connectivity index is 1.30. The molecule has 0 saturated heterocycles. The highest BCUT2D eigenvalue weighted by Crippen LogP contribution is 2.42. The van der Waals surface area contributed by atoms with Crippen molar-refractivity contribution >= 4 is 58.1 Å². The van der Waals surface area contributed by atoms with E-state index in [1.807, 2.05) is 48.5 Å². The number of carboxylic acids is 2. The monoisotopic (exact) mass is 1030 g/mol. The van der Waals surface area contributed by atoms with Gasteiger partial charge >= 0.3 is 11.9 Å². The molecular weight excluding hydrogens is 967 g/mol. The maximum atomic E-state index is 13.1. The van der Waals surface area contributed by atoms with Gasteiger partial charge in [-0.25, -0.2) is 4.85 Å². The number of anilines is 3. The minimum atomic E-state index is -1.38. The Kier molecular flexibility index (Phi) is 21.9. The Hall–Kier alpha value is -7.89. The molecule has 2 N–H and O–H groups in total. The number of thiophene rings is 1. The Labute approximate surface area is 444 Å². The number of carbonyl (C=O) groups is 4. The van der Waals surface area contributed by atoms with Crippen LogP contribution in [-0.4, -0.2) is 78.3 Å². The molecular formula is C61H67N3O10S. The maximum Gasteiger partial charge on any atom is 0.323 e. The number of hydrogen-bond donors (Lipinski definition) is 2. The summed E-state index contributed by atoms with van der Waals surface area (Å²) in [5.41, 5.74) is 7.47. The van der Waals surface area contributed by atoms with Crippen molar-refractivity contribution in [2.45, 2.75) is 91.9 Å².